The first-order valence-electron chi connectivity index (χ1n) is 3.68. The molecule has 2 atom stereocenters. The van der Waals surface area contributed by atoms with Crippen molar-refractivity contribution in [1.82, 2.24) is 5.32 Å². The molecule has 1 rings (SSSR count). The van der Waals surface area contributed by atoms with Crippen molar-refractivity contribution in [1.29, 1.82) is 0 Å². The zero-order valence-corrected chi connectivity index (χ0v) is 6.18. The van der Waals surface area contributed by atoms with Crippen molar-refractivity contribution in [3.63, 3.8) is 0 Å². The van der Waals surface area contributed by atoms with Crippen LogP contribution in [-0.4, -0.2) is 25.8 Å². The minimum atomic E-state index is 0.523. The predicted molar refractivity (Wildman–Crippen MR) is 37.5 cm³/mol. The molecule has 0 radical (unpaired) electrons. The van der Waals surface area contributed by atoms with Crippen LogP contribution in [0.5, 0.6) is 0 Å². The largest absolute Gasteiger partial charge is 0.368 e. The molecule has 0 aromatic carbocycles. The van der Waals surface area contributed by atoms with Gasteiger partial charge in [-0.25, -0.2) is 0 Å². The maximum atomic E-state index is 5.34. The molecule has 2 nitrogen and oxygen atoms in total. The number of epoxide rings is 1. The van der Waals surface area contributed by atoms with E-state index in [4.69, 9.17) is 4.74 Å². The van der Waals surface area contributed by atoms with Gasteiger partial charge in [0.25, 0.3) is 0 Å². The summed E-state index contributed by atoms with van der Waals surface area (Å²) < 4.78 is 5.34. The second-order valence-electron chi connectivity index (χ2n) is 2.56. The van der Waals surface area contributed by atoms with Gasteiger partial charge in [-0.05, 0) is 13.5 Å². The van der Waals surface area contributed by atoms with Crippen molar-refractivity contribution in [2.24, 2.45) is 0 Å². The number of rotatable bonds is 4. The van der Waals surface area contributed by atoms with Crippen LogP contribution in [0.1, 0.15) is 19.8 Å². The second kappa shape index (κ2) is 3.18. The van der Waals surface area contributed by atoms with E-state index < -0.39 is 0 Å². The Kier molecular flexibility index (Phi) is 2.49. The molecule has 1 heterocycles. The van der Waals surface area contributed by atoms with Crippen molar-refractivity contribution in [3.8, 4) is 0 Å². The Balaban J connectivity index is 1.96. The van der Waals surface area contributed by atoms with E-state index in [1.54, 1.807) is 0 Å². The highest BCUT2D eigenvalue weighted by Crippen LogP contribution is 2.25. The van der Waals surface area contributed by atoms with Gasteiger partial charge in [0, 0.05) is 6.54 Å². The Labute approximate surface area is 56.6 Å². The first-order chi connectivity index (χ1) is 4.38. The first-order valence-corrected chi connectivity index (χ1v) is 3.68. The third kappa shape index (κ3) is 1.95. The van der Waals surface area contributed by atoms with E-state index in [2.05, 4.69) is 12.2 Å². The summed E-state index contributed by atoms with van der Waals surface area (Å²) in [6.07, 6.45) is 3.56. The van der Waals surface area contributed by atoms with Crippen LogP contribution in [0.25, 0.3) is 0 Å². The van der Waals surface area contributed by atoms with E-state index in [-0.39, 0.29) is 0 Å². The Morgan fingerprint density at radius 3 is 2.78 bits per heavy atom. The van der Waals surface area contributed by atoms with E-state index in [1.807, 2.05) is 7.05 Å². The zero-order valence-electron chi connectivity index (χ0n) is 6.18. The molecule has 1 aliphatic heterocycles. The summed E-state index contributed by atoms with van der Waals surface area (Å²) in [5.41, 5.74) is 0. The third-order valence-corrected chi connectivity index (χ3v) is 1.67. The molecule has 1 fully saturated rings. The van der Waals surface area contributed by atoms with Crippen LogP contribution < -0.4 is 5.32 Å². The molecule has 0 bridgehead atoms. The van der Waals surface area contributed by atoms with E-state index in [0.29, 0.717) is 12.2 Å². The summed E-state index contributed by atoms with van der Waals surface area (Å²) in [6.45, 7) is 3.21. The monoisotopic (exact) mass is 129 g/mol. The summed E-state index contributed by atoms with van der Waals surface area (Å²) >= 11 is 0. The molecule has 1 N–H and O–H groups in total. The van der Waals surface area contributed by atoms with Crippen LogP contribution >= 0.6 is 0 Å². The van der Waals surface area contributed by atoms with E-state index >= 15 is 0 Å². The molecule has 2 heteroatoms. The Bertz CT molecular complexity index is 75.0. The third-order valence-electron chi connectivity index (χ3n) is 1.67. The van der Waals surface area contributed by atoms with Crippen LogP contribution in [0.3, 0.4) is 0 Å². The highest BCUT2D eigenvalue weighted by atomic mass is 16.6. The number of likely N-dealkylation sites (N-methyl/N-ethyl adjacent to an activating group) is 1. The van der Waals surface area contributed by atoms with Crippen LogP contribution in [0.15, 0.2) is 0 Å². The van der Waals surface area contributed by atoms with Gasteiger partial charge in [-0.15, -0.1) is 0 Å². The standard InChI is InChI=1S/C7H15NO/c1-3-4-6-7(9-6)5-8-2/h6-8H,3-5H2,1-2H3. The molecule has 0 aliphatic carbocycles. The van der Waals surface area contributed by atoms with Gasteiger partial charge in [0.15, 0.2) is 0 Å². The fourth-order valence-corrected chi connectivity index (χ4v) is 1.10. The molecule has 1 saturated heterocycles. The first kappa shape index (κ1) is 7.03. The number of hydrogen-bond donors (Lipinski definition) is 1. The molecule has 1 aliphatic rings. The molecule has 0 aromatic rings. The topological polar surface area (TPSA) is 24.6 Å². The lowest BCUT2D eigenvalue weighted by molar-refractivity contribution is 0.359. The molecule has 0 spiro atoms. The fraction of sp³-hybridized carbons (Fsp3) is 1.00. The van der Waals surface area contributed by atoms with Gasteiger partial charge in [0.1, 0.15) is 0 Å². The summed E-state index contributed by atoms with van der Waals surface area (Å²) in [4.78, 5) is 0. The van der Waals surface area contributed by atoms with Gasteiger partial charge < -0.3 is 10.1 Å². The van der Waals surface area contributed by atoms with Gasteiger partial charge in [-0.3, -0.25) is 0 Å². The van der Waals surface area contributed by atoms with E-state index in [9.17, 15) is 0 Å². The van der Waals surface area contributed by atoms with Crippen LogP contribution in [0.4, 0.5) is 0 Å². The lowest BCUT2D eigenvalue weighted by Crippen LogP contribution is -2.15. The highest BCUT2D eigenvalue weighted by molar-refractivity contribution is 4.85. The summed E-state index contributed by atoms with van der Waals surface area (Å²) in [6, 6.07) is 0. The van der Waals surface area contributed by atoms with Crippen LogP contribution in [0, 0.1) is 0 Å². The normalized spacial score (nSPS) is 32.7. The molecular weight excluding hydrogens is 114 g/mol. The minimum Gasteiger partial charge on any atom is -0.368 e. The lowest BCUT2D eigenvalue weighted by Gasteiger charge is -1.89. The maximum absolute atomic E-state index is 5.34. The van der Waals surface area contributed by atoms with Crippen molar-refractivity contribution < 1.29 is 4.74 Å². The number of nitrogens with one attached hydrogen (secondary N) is 1. The average molecular weight is 129 g/mol. The number of hydrogen-bond acceptors (Lipinski definition) is 2. The highest BCUT2D eigenvalue weighted by Gasteiger charge is 2.36. The van der Waals surface area contributed by atoms with Gasteiger partial charge in [0.05, 0.1) is 12.2 Å². The quantitative estimate of drug-likeness (QED) is 0.567. The second-order valence-corrected chi connectivity index (χ2v) is 2.56. The Morgan fingerprint density at radius 1 is 1.44 bits per heavy atom. The van der Waals surface area contributed by atoms with Crippen molar-refractivity contribution >= 4 is 0 Å². The van der Waals surface area contributed by atoms with Crippen molar-refractivity contribution in [3.05, 3.63) is 0 Å². The summed E-state index contributed by atoms with van der Waals surface area (Å²) in [5.74, 6) is 0. The lowest BCUT2D eigenvalue weighted by atomic mass is 10.2. The minimum absolute atomic E-state index is 0.523. The molecule has 54 valence electrons. The van der Waals surface area contributed by atoms with Crippen molar-refractivity contribution in [2.45, 2.75) is 32.0 Å². The molecule has 0 aromatic heterocycles. The Morgan fingerprint density at radius 2 is 2.22 bits per heavy atom. The average Bonchev–Trinajstić information content (AvgIpc) is 2.50. The van der Waals surface area contributed by atoms with Crippen LogP contribution in [-0.2, 0) is 4.74 Å². The molecule has 9 heavy (non-hydrogen) atoms. The van der Waals surface area contributed by atoms with Gasteiger partial charge in [-0.1, -0.05) is 13.3 Å². The van der Waals surface area contributed by atoms with E-state index in [0.717, 1.165) is 6.54 Å². The smallest absolute Gasteiger partial charge is 0.0965 e. The van der Waals surface area contributed by atoms with Gasteiger partial charge >= 0.3 is 0 Å². The molecule has 2 unspecified atom stereocenters. The molecular formula is C7H15NO. The fourth-order valence-electron chi connectivity index (χ4n) is 1.10. The summed E-state index contributed by atoms with van der Waals surface area (Å²) in [7, 11) is 1.96. The van der Waals surface area contributed by atoms with Gasteiger partial charge in [0.2, 0.25) is 0 Å². The van der Waals surface area contributed by atoms with Gasteiger partial charge in [-0.2, -0.15) is 0 Å². The molecule has 0 amide bonds. The number of ether oxygens (including phenoxy) is 1. The van der Waals surface area contributed by atoms with E-state index in [1.165, 1.54) is 12.8 Å². The summed E-state index contributed by atoms with van der Waals surface area (Å²) in [5, 5.41) is 3.09. The van der Waals surface area contributed by atoms with Crippen LogP contribution in [0.2, 0.25) is 0 Å². The zero-order chi connectivity index (χ0) is 6.69. The molecule has 0 saturated carbocycles. The predicted octanol–water partition coefficient (Wildman–Crippen LogP) is 0.773. The SMILES string of the molecule is CCCC1OC1CNC. The maximum Gasteiger partial charge on any atom is 0.0965 e. The Hall–Kier alpha value is -0.0800. The van der Waals surface area contributed by atoms with Crippen molar-refractivity contribution in [2.75, 3.05) is 13.6 Å².